The number of hydrogen-bond donors (Lipinski definition) is 2. The van der Waals surface area contributed by atoms with E-state index in [2.05, 4.69) is 41.8 Å². The van der Waals surface area contributed by atoms with Crippen LogP contribution in [0.3, 0.4) is 0 Å². The average Bonchev–Trinajstić information content (AvgIpc) is 2.77. The molecule has 0 heterocycles. The standard InChI is InChI=1S/C25H34N2O2/c1-3-5-12-20(4-2)25(29)27-19-24(28)26-18-17-23(21-13-8-6-9-14-21)22-15-10-7-11-16-22/h6-11,13-16,20,23H,3-5,12,17-19H2,1-2H3,(H,26,28)(H,27,29). The highest BCUT2D eigenvalue weighted by Gasteiger charge is 2.17. The van der Waals surface area contributed by atoms with Crippen molar-refractivity contribution in [1.82, 2.24) is 10.6 Å². The molecule has 1 unspecified atom stereocenters. The van der Waals surface area contributed by atoms with E-state index in [0.717, 1.165) is 32.1 Å². The Bertz CT molecular complexity index is 692. The van der Waals surface area contributed by atoms with Gasteiger partial charge in [0.2, 0.25) is 11.8 Å². The van der Waals surface area contributed by atoms with E-state index in [-0.39, 0.29) is 30.2 Å². The third-order valence-corrected chi connectivity index (χ3v) is 5.35. The second-order valence-electron chi connectivity index (χ2n) is 7.48. The molecule has 156 valence electrons. The monoisotopic (exact) mass is 394 g/mol. The van der Waals surface area contributed by atoms with E-state index in [1.54, 1.807) is 0 Å². The van der Waals surface area contributed by atoms with E-state index in [0.29, 0.717) is 6.54 Å². The van der Waals surface area contributed by atoms with Crippen molar-refractivity contribution in [3.05, 3.63) is 71.8 Å². The number of unbranched alkanes of at least 4 members (excludes halogenated alkanes) is 1. The van der Waals surface area contributed by atoms with Crippen LogP contribution in [0.4, 0.5) is 0 Å². The summed E-state index contributed by atoms with van der Waals surface area (Å²) in [5, 5.41) is 5.75. The quantitative estimate of drug-likeness (QED) is 0.550. The second-order valence-corrected chi connectivity index (χ2v) is 7.48. The fourth-order valence-corrected chi connectivity index (χ4v) is 3.60. The molecule has 0 aromatic heterocycles. The van der Waals surface area contributed by atoms with Crippen molar-refractivity contribution in [3.8, 4) is 0 Å². The lowest BCUT2D eigenvalue weighted by Crippen LogP contribution is -2.40. The molecular formula is C25H34N2O2. The number of hydrogen-bond acceptors (Lipinski definition) is 2. The first kappa shape index (κ1) is 22.7. The summed E-state index contributed by atoms with van der Waals surface area (Å²) in [7, 11) is 0. The van der Waals surface area contributed by atoms with Crippen LogP contribution in [0.2, 0.25) is 0 Å². The van der Waals surface area contributed by atoms with Gasteiger partial charge < -0.3 is 10.6 Å². The van der Waals surface area contributed by atoms with Gasteiger partial charge in [0.1, 0.15) is 0 Å². The maximum Gasteiger partial charge on any atom is 0.239 e. The highest BCUT2D eigenvalue weighted by molar-refractivity contribution is 5.85. The third kappa shape index (κ3) is 7.72. The summed E-state index contributed by atoms with van der Waals surface area (Å²) in [5.74, 6) is 0.0835. The van der Waals surface area contributed by atoms with E-state index in [1.165, 1.54) is 11.1 Å². The van der Waals surface area contributed by atoms with Gasteiger partial charge in [0.25, 0.3) is 0 Å². The van der Waals surface area contributed by atoms with Gasteiger partial charge in [-0.3, -0.25) is 9.59 Å². The molecule has 0 saturated carbocycles. The highest BCUT2D eigenvalue weighted by Crippen LogP contribution is 2.27. The number of nitrogens with one attached hydrogen (secondary N) is 2. The van der Waals surface area contributed by atoms with E-state index in [1.807, 2.05) is 43.3 Å². The number of carbonyl (C=O) groups excluding carboxylic acids is 2. The predicted octanol–water partition coefficient (Wildman–Crippen LogP) is 4.66. The molecule has 0 aliphatic heterocycles. The minimum atomic E-state index is -0.136. The van der Waals surface area contributed by atoms with Crippen LogP contribution >= 0.6 is 0 Å². The van der Waals surface area contributed by atoms with Gasteiger partial charge in [-0.2, -0.15) is 0 Å². The van der Waals surface area contributed by atoms with Crippen molar-refractivity contribution in [2.24, 2.45) is 5.92 Å². The summed E-state index contributed by atoms with van der Waals surface area (Å²) in [5.41, 5.74) is 2.48. The second kappa shape index (κ2) is 12.8. The number of benzene rings is 2. The van der Waals surface area contributed by atoms with Crippen LogP contribution in [0.1, 0.15) is 63.0 Å². The zero-order valence-corrected chi connectivity index (χ0v) is 17.7. The first-order valence-electron chi connectivity index (χ1n) is 10.8. The Hall–Kier alpha value is -2.62. The van der Waals surface area contributed by atoms with Crippen LogP contribution in [0.5, 0.6) is 0 Å². The van der Waals surface area contributed by atoms with Gasteiger partial charge >= 0.3 is 0 Å². The van der Waals surface area contributed by atoms with E-state index >= 15 is 0 Å². The minimum absolute atomic E-state index is 0.00305. The fraction of sp³-hybridized carbons (Fsp3) is 0.440. The smallest absolute Gasteiger partial charge is 0.239 e. The summed E-state index contributed by atoms with van der Waals surface area (Å²) >= 11 is 0. The molecule has 2 rings (SSSR count). The molecule has 2 N–H and O–H groups in total. The Morgan fingerprint density at radius 2 is 1.41 bits per heavy atom. The van der Waals surface area contributed by atoms with E-state index in [9.17, 15) is 9.59 Å². The molecule has 4 nitrogen and oxygen atoms in total. The van der Waals surface area contributed by atoms with Crippen LogP contribution in [0.25, 0.3) is 0 Å². The highest BCUT2D eigenvalue weighted by atomic mass is 16.2. The lowest BCUT2D eigenvalue weighted by Gasteiger charge is -2.19. The molecular weight excluding hydrogens is 360 g/mol. The van der Waals surface area contributed by atoms with Crippen LogP contribution < -0.4 is 10.6 Å². The lowest BCUT2D eigenvalue weighted by atomic mass is 9.88. The largest absolute Gasteiger partial charge is 0.355 e. The summed E-state index contributed by atoms with van der Waals surface area (Å²) in [6, 6.07) is 20.7. The summed E-state index contributed by atoms with van der Waals surface area (Å²) in [6.07, 6.45) is 4.62. The maximum atomic E-state index is 12.2. The zero-order valence-electron chi connectivity index (χ0n) is 17.7. The molecule has 0 spiro atoms. The first-order valence-corrected chi connectivity index (χ1v) is 10.8. The van der Waals surface area contributed by atoms with Crippen LogP contribution in [-0.4, -0.2) is 24.9 Å². The SMILES string of the molecule is CCCCC(CC)C(=O)NCC(=O)NCCC(c1ccccc1)c1ccccc1. The van der Waals surface area contributed by atoms with Crippen molar-refractivity contribution >= 4 is 11.8 Å². The Balaban J connectivity index is 1.83. The van der Waals surface area contributed by atoms with Crippen LogP contribution in [0, 0.1) is 5.92 Å². The molecule has 0 bridgehead atoms. The summed E-state index contributed by atoms with van der Waals surface area (Å²) in [4.78, 5) is 24.4. The van der Waals surface area contributed by atoms with E-state index < -0.39 is 0 Å². The minimum Gasteiger partial charge on any atom is -0.355 e. The normalized spacial score (nSPS) is 11.8. The average molecular weight is 395 g/mol. The molecule has 2 aromatic rings. The lowest BCUT2D eigenvalue weighted by molar-refractivity contribution is -0.128. The molecule has 0 aliphatic carbocycles. The maximum absolute atomic E-state index is 12.2. The number of amides is 2. The molecule has 0 saturated heterocycles. The molecule has 0 aliphatic rings. The van der Waals surface area contributed by atoms with Gasteiger partial charge in [-0.25, -0.2) is 0 Å². The predicted molar refractivity (Wildman–Crippen MR) is 119 cm³/mol. The molecule has 2 aromatic carbocycles. The molecule has 0 fully saturated rings. The third-order valence-electron chi connectivity index (χ3n) is 5.35. The Kier molecular flexibility index (Phi) is 9.98. The van der Waals surface area contributed by atoms with Crippen molar-refractivity contribution in [1.29, 1.82) is 0 Å². The van der Waals surface area contributed by atoms with Gasteiger partial charge in [-0.05, 0) is 30.4 Å². The molecule has 4 heteroatoms. The van der Waals surface area contributed by atoms with Gasteiger partial charge in [-0.15, -0.1) is 0 Å². The van der Waals surface area contributed by atoms with Gasteiger partial charge in [0.05, 0.1) is 6.54 Å². The van der Waals surface area contributed by atoms with Crippen LogP contribution in [-0.2, 0) is 9.59 Å². The van der Waals surface area contributed by atoms with Crippen molar-refractivity contribution in [3.63, 3.8) is 0 Å². The van der Waals surface area contributed by atoms with Crippen molar-refractivity contribution in [2.75, 3.05) is 13.1 Å². The van der Waals surface area contributed by atoms with E-state index in [4.69, 9.17) is 0 Å². The topological polar surface area (TPSA) is 58.2 Å². The number of rotatable bonds is 12. The van der Waals surface area contributed by atoms with Crippen molar-refractivity contribution in [2.45, 2.75) is 51.9 Å². The Morgan fingerprint density at radius 1 is 0.828 bits per heavy atom. The molecule has 0 radical (unpaired) electrons. The van der Waals surface area contributed by atoms with Crippen molar-refractivity contribution < 1.29 is 9.59 Å². The summed E-state index contributed by atoms with van der Waals surface area (Å²) < 4.78 is 0. The van der Waals surface area contributed by atoms with Gasteiger partial charge in [0, 0.05) is 18.4 Å². The van der Waals surface area contributed by atoms with Gasteiger partial charge in [0.15, 0.2) is 0 Å². The summed E-state index contributed by atoms with van der Waals surface area (Å²) in [6.45, 7) is 4.75. The van der Waals surface area contributed by atoms with Crippen LogP contribution in [0.15, 0.2) is 60.7 Å². The van der Waals surface area contributed by atoms with Gasteiger partial charge in [-0.1, -0.05) is 87.4 Å². The first-order chi connectivity index (χ1) is 14.2. The fourth-order valence-electron chi connectivity index (χ4n) is 3.60. The molecule has 2 amide bonds. The number of carbonyl (C=O) groups is 2. The zero-order chi connectivity index (χ0) is 20.9. The molecule has 1 atom stereocenters. The Morgan fingerprint density at radius 3 is 1.93 bits per heavy atom. The molecule has 29 heavy (non-hydrogen) atoms. The Labute approximate surface area is 175 Å².